The highest BCUT2D eigenvalue weighted by molar-refractivity contribution is 6.46. The molecule has 0 saturated heterocycles. The Morgan fingerprint density at radius 1 is 1.14 bits per heavy atom. The van der Waals surface area contributed by atoms with Crippen LogP contribution >= 0.6 is 23.2 Å². The average molecular weight is 325 g/mol. The molecule has 2 rings (SSSR count). The summed E-state index contributed by atoms with van der Waals surface area (Å²) >= 11 is 12.1. The van der Waals surface area contributed by atoms with Crippen LogP contribution in [-0.2, 0) is 11.2 Å². The first-order chi connectivity index (χ1) is 9.81. The number of carbonyl (C=O) groups is 1. The molecule has 0 bridgehead atoms. The first kappa shape index (κ1) is 16.1. The third kappa shape index (κ3) is 3.33. The van der Waals surface area contributed by atoms with Crippen molar-refractivity contribution in [1.29, 1.82) is 0 Å². The lowest BCUT2D eigenvalue weighted by atomic mass is 9.98. The molecule has 112 valence electrons. The van der Waals surface area contributed by atoms with Crippen molar-refractivity contribution >= 4 is 29.0 Å². The number of aryl methyl sites for hydroxylation is 3. The molecule has 0 amide bonds. The number of Topliss-reactive ketones (excluding diaryl/α,β-unsaturated/α-hetero) is 1. The van der Waals surface area contributed by atoms with Gasteiger partial charge in [0.15, 0.2) is 5.78 Å². The van der Waals surface area contributed by atoms with Crippen LogP contribution in [0.25, 0.3) is 0 Å². The van der Waals surface area contributed by atoms with Gasteiger partial charge < -0.3 is 5.11 Å². The summed E-state index contributed by atoms with van der Waals surface area (Å²) in [5.74, 6) is 0.358. The molecule has 0 radical (unpaired) electrons. The van der Waals surface area contributed by atoms with Crippen LogP contribution in [0.2, 0.25) is 0 Å². The number of phenols is 1. The van der Waals surface area contributed by atoms with E-state index in [0.717, 1.165) is 22.3 Å². The van der Waals surface area contributed by atoms with Crippen molar-refractivity contribution in [3.8, 4) is 5.75 Å². The molecule has 4 heteroatoms. The van der Waals surface area contributed by atoms with E-state index in [1.165, 1.54) is 0 Å². The van der Waals surface area contributed by atoms with E-state index < -0.39 is 0 Å². The minimum absolute atomic E-state index is 0.0402. The zero-order chi connectivity index (χ0) is 15.7. The predicted octanol–water partition coefficient (Wildman–Crippen LogP) is 4.92. The Morgan fingerprint density at radius 3 is 2.19 bits per heavy atom. The second-order valence-corrected chi connectivity index (χ2v) is 6.32. The monoisotopic (exact) mass is 324 g/mol. The minimum Gasteiger partial charge on any atom is -0.507 e. The van der Waals surface area contributed by atoms with E-state index in [2.05, 4.69) is 0 Å². The lowest BCUT2D eigenvalue weighted by molar-refractivity contribution is -0.115. The van der Waals surface area contributed by atoms with Gasteiger partial charge in [0.2, 0.25) is 0 Å². The molecule has 1 aliphatic rings. The summed E-state index contributed by atoms with van der Waals surface area (Å²) in [6, 6.07) is 3.83. The molecule has 0 saturated carbocycles. The summed E-state index contributed by atoms with van der Waals surface area (Å²) in [5.41, 5.74) is 4.27. The van der Waals surface area contributed by atoms with Crippen molar-refractivity contribution in [1.82, 2.24) is 0 Å². The summed E-state index contributed by atoms with van der Waals surface area (Å²) in [6.45, 7) is 5.60. The second-order valence-electron chi connectivity index (χ2n) is 5.57. The maximum atomic E-state index is 12.3. The van der Waals surface area contributed by atoms with Crippen molar-refractivity contribution < 1.29 is 9.90 Å². The quantitative estimate of drug-likeness (QED) is 0.853. The Hall–Kier alpha value is -1.25. The summed E-state index contributed by atoms with van der Waals surface area (Å²) < 4.78 is 0. The van der Waals surface area contributed by atoms with E-state index in [-0.39, 0.29) is 5.78 Å². The van der Waals surface area contributed by atoms with Crippen molar-refractivity contribution in [2.24, 2.45) is 0 Å². The fourth-order valence-corrected chi connectivity index (χ4v) is 3.07. The highest BCUT2D eigenvalue weighted by atomic mass is 35.5. The number of halogens is 2. The SMILES string of the molecule is CC1=C(Cl)C(Cl)=C(C(=O)CCc2cc(C)c(O)c(C)c2)C1. The zero-order valence-corrected chi connectivity index (χ0v) is 13.9. The van der Waals surface area contributed by atoms with Crippen LogP contribution in [0.1, 0.15) is 36.5 Å². The van der Waals surface area contributed by atoms with Crippen LogP contribution in [-0.4, -0.2) is 10.9 Å². The Morgan fingerprint density at radius 2 is 1.71 bits per heavy atom. The van der Waals surface area contributed by atoms with Crippen molar-refractivity contribution in [2.45, 2.75) is 40.0 Å². The van der Waals surface area contributed by atoms with Gasteiger partial charge in [-0.2, -0.15) is 0 Å². The second kappa shape index (κ2) is 6.25. The van der Waals surface area contributed by atoms with Gasteiger partial charge in [-0.3, -0.25) is 4.79 Å². The molecule has 0 aliphatic heterocycles. The average Bonchev–Trinajstić information content (AvgIpc) is 2.69. The maximum Gasteiger partial charge on any atom is 0.161 e. The number of allylic oxidation sites excluding steroid dienone is 4. The smallest absolute Gasteiger partial charge is 0.161 e. The molecule has 1 aromatic carbocycles. The standard InChI is InChI=1S/C17H18Cl2O2/c1-9-8-13(16(19)15(9)18)14(20)5-4-12-6-10(2)17(21)11(3)7-12/h6-7,21H,4-5,8H2,1-3H3. The third-order valence-corrected chi connectivity index (χ3v) is 4.83. The molecule has 21 heavy (non-hydrogen) atoms. The van der Waals surface area contributed by atoms with Crippen LogP contribution in [0.4, 0.5) is 0 Å². The van der Waals surface area contributed by atoms with Gasteiger partial charge in [-0.15, -0.1) is 0 Å². The van der Waals surface area contributed by atoms with E-state index in [1.807, 2.05) is 32.9 Å². The van der Waals surface area contributed by atoms with E-state index in [9.17, 15) is 9.90 Å². The van der Waals surface area contributed by atoms with Crippen LogP contribution < -0.4 is 0 Å². The molecule has 0 spiro atoms. The molecule has 0 heterocycles. The molecule has 1 N–H and O–H groups in total. The van der Waals surface area contributed by atoms with Crippen LogP contribution in [0.3, 0.4) is 0 Å². The van der Waals surface area contributed by atoms with Crippen molar-refractivity contribution in [3.63, 3.8) is 0 Å². The van der Waals surface area contributed by atoms with E-state index in [0.29, 0.717) is 40.6 Å². The first-order valence-electron chi connectivity index (χ1n) is 6.87. The molecular weight excluding hydrogens is 307 g/mol. The third-order valence-electron chi connectivity index (χ3n) is 3.80. The number of hydrogen-bond donors (Lipinski definition) is 1. The predicted molar refractivity (Wildman–Crippen MR) is 87.0 cm³/mol. The summed E-state index contributed by atoms with van der Waals surface area (Å²) in [5, 5.41) is 10.7. The maximum absolute atomic E-state index is 12.3. The topological polar surface area (TPSA) is 37.3 Å². The highest BCUT2D eigenvalue weighted by Gasteiger charge is 2.24. The lowest BCUT2D eigenvalue weighted by Crippen LogP contribution is -2.04. The van der Waals surface area contributed by atoms with E-state index in [4.69, 9.17) is 23.2 Å². The largest absolute Gasteiger partial charge is 0.507 e. The molecule has 0 fully saturated rings. The Balaban J connectivity index is 2.07. The van der Waals surface area contributed by atoms with Crippen molar-refractivity contribution in [3.05, 3.63) is 50.0 Å². The number of ketones is 1. The van der Waals surface area contributed by atoms with Gasteiger partial charge in [0.05, 0.1) is 10.1 Å². The molecule has 0 unspecified atom stereocenters. The van der Waals surface area contributed by atoms with Crippen LogP contribution in [0.15, 0.2) is 33.3 Å². The van der Waals surface area contributed by atoms with Gasteiger partial charge in [0.25, 0.3) is 0 Å². The van der Waals surface area contributed by atoms with Gasteiger partial charge in [0.1, 0.15) is 5.75 Å². The van der Waals surface area contributed by atoms with E-state index >= 15 is 0 Å². The molecule has 1 aliphatic carbocycles. The summed E-state index contributed by atoms with van der Waals surface area (Å²) in [4.78, 5) is 12.3. The summed E-state index contributed by atoms with van der Waals surface area (Å²) in [7, 11) is 0. The van der Waals surface area contributed by atoms with Gasteiger partial charge in [-0.05, 0) is 55.9 Å². The number of phenolic OH excluding ortho intramolecular Hbond substituents is 1. The number of hydrogen-bond acceptors (Lipinski definition) is 2. The molecule has 2 nitrogen and oxygen atoms in total. The lowest BCUT2D eigenvalue weighted by Gasteiger charge is -2.08. The van der Waals surface area contributed by atoms with Crippen LogP contribution in [0, 0.1) is 13.8 Å². The highest BCUT2D eigenvalue weighted by Crippen LogP contribution is 2.38. The molecular formula is C17H18Cl2O2. The number of aromatic hydroxyl groups is 1. The molecule has 0 atom stereocenters. The Kier molecular flexibility index (Phi) is 4.80. The summed E-state index contributed by atoms with van der Waals surface area (Å²) in [6.07, 6.45) is 1.57. The fourth-order valence-electron chi connectivity index (χ4n) is 2.56. The normalized spacial score (nSPS) is 15.1. The molecule has 1 aromatic rings. The van der Waals surface area contributed by atoms with Gasteiger partial charge in [-0.1, -0.05) is 35.3 Å². The van der Waals surface area contributed by atoms with Crippen molar-refractivity contribution in [2.75, 3.05) is 0 Å². The minimum atomic E-state index is 0.0402. The first-order valence-corrected chi connectivity index (χ1v) is 7.63. The Bertz CT molecular complexity index is 646. The van der Waals surface area contributed by atoms with Gasteiger partial charge in [-0.25, -0.2) is 0 Å². The van der Waals surface area contributed by atoms with Gasteiger partial charge in [0, 0.05) is 12.0 Å². The Labute approximate surface area is 135 Å². The number of rotatable bonds is 4. The van der Waals surface area contributed by atoms with Crippen LogP contribution in [0.5, 0.6) is 5.75 Å². The number of carbonyl (C=O) groups excluding carboxylic acids is 1. The van der Waals surface area contributed by atoms with Gasteiger partial charge >= 0.3 is 0 Å². The zero-order valence-electron chi connectivity index (χ0n) is 12.4. The van der Waals surface area contributed by atoms with E-state index in [1.54, 1.807) is 0 Å². The fraction of sp³-hybridized carbons (Fsp3) is 0.353. The number of benzene rings is 1. The molecule has 0 aromatic heterocycles.